The van der Waals surface area contributed by atoms with Crippen LogP contribution in [0, 0.1) is 34.0 Å². The number of thioether (sulfide) groups is 2. The first kappa shape index (κ1) is 64.3. The van der Waals surface area contributed by atoms with Crippen molar-refractivity contribution >= 4 is 97.1 Å². The van der Waals surface area contributed by atoms with Gasteiger partial charge in [0, 0.05) is 54.5 Å². The summed E-state index contributed by atoms with van der Waals surface area (Å²) in [5.74, 6) is -0.628. The van der Waals surface area contributed by atoms with E-state index in [4.69, 9.17) is 17.9 Å². The van der Waals surface area contributed by atoms with Gasteiger partial charge in [-0.1, -0.05) is 102 Å². The first-order chi connectivity index (χ1) is 36.3. The number of hydrogen-bond acceptors (Lipinski definition) is 14. The third-order valence-corrected chi connectivity index (χ3v) is 31.2. The zero-order valence-corrected chi connectivity index (χ0v) is 54.4. The van der Waals surface area contributed by atoms with Gasteiger partial charge in [-0.2, -0.15) is 5.26 Å². The van der Waals surface area contributed by atoms with Crippen molar-refractivity contribution in [2.75, 3.05) is 51.0 Å². The third kappa shape index (κ3) is 16.2. The fourth-order valence-electron chi connectivity index (χ4n) is 9.65. The Hall–Kier alpha value is -2.90. The van der Waals surface area contributed by atoms with Crippen molar-refractivity contribution in [1.82, 2.24) is 15.1 Å². The molecule has 0 bridgehead atoms. The van der Waals surface area contributed by atoms with Crippen LogP contribution < -0.4 is 5.32 Å². The van der Waals surface area contributed by atoms with Crippen molar-refractivity contribution in [3.05, 3.63) is 58.5 Å². The zero-order valence-electron chi connectivity index (χ0n) is 49.0. The highest BCUT2D eigenvalue weighted by atomic mass is 32.2. The lowest BCUT2D eigenvalue weighted by molar-refractivity contribution is -0.146. The second-order valence-electron chi connectivity index (χ2n) is 26.1. The van der Waals surface area contributed by atoms with Crippen molar-refractivity contribution in [1.29, 1.82) is 5.26 Å². The molecule has 1 aromatic carbocycles. The molecular formula is C58H89N4O10PS3Si2. The number of carbonyl (C=O) groups excluding carboxylic acids is 5. The predicted octanol–water partition coefficient (Wildman–Crippen LogP) is 13.1. The molecule has 3 fully saturated rings. The monoisotopic (exact) mass is 1180 g/mol. The molecule has 78 heavy (non-hydrogen) atoms. The molecule has 0 unspecified atom stereocenters. The SMILES string of the molecule is CC(C)(CO[Si](C)(C)C(C)(C)C)C(=O)SCCOP(=O)(Cc1ccc2sc(C(=O)N[C@H]3CCCC[C@H]4CC[C@@H](C(=O)N5C[C@@H](C#N)[C@H](C6=CCCC=C6)C5)N4C3=O)cc2c1)OCCSC(=O)C(C)(C)CO[Si](C)(C)C(C)(C)C. The number of likely N-dealkylation sites (tertiary alicyclic amines) is 1. The van der Waals surface area contributed by atoms with E-state index in [0.29, 0.717) is 56.0 Å². The van der Waals surface area contributed by atoms with Gasteiger partial charge in [-0.15, -0.1) is 11.3 Å². The second-order valence-corrected chi connectivity index (χ2v) is 41.0. The number of nitrogens with one attached hydrogen (secondary N) is 1. The maximum Gasteiger partial charge on any atom is 0.335 e. The molecular weight excluding hydrogens is 1100 g/mol. The number of thiophene rings is 1. The van der Waals surface area contributed by atoms with Crippen molar-refractivity contribution in [3.8, 4) is 6.07 Å². The molecule has 0 radical (unpaired) electrons. The number of amides is 3. The molecule has 5 atom stereocenters. The van der Waals surface area contributed by atoms with Gasteiger partial charge in [-0.25, -0.2) is 0 Å². The number of hydrogen-bond donors (Lipinski definition) is 1. The highest BCUT2D eigenvalue weighted by Gasteiger charge is 2.48. The lowest BCUT2D eigenvalue weighted by atomic mass is 9.87. The maximum absolute atomic E-state index is 14.8. The molecule has 3 aliphatic heterocycles. The molecule has 4 aliphatic rings. The number of allylic oxidation sites excluding steroid dienone is 3. The Balaban J connectivity index is 1.11. The summed E-state index contributed by atoms with van der Waals surface area (Å²) >= 11 is 3.52. The second kappa shape index (κ2) is 26.1. The molecule has 1 aromatic heterocycles. The van der Waals surface area contributed by atoms with Gasteiger partial charge in [0.25, 0.3) is 5.91 Å². The average Bonchev–Trinajstić information content (AvgIpc) is 4.14. The minimum Gasteiger partial charge on any atom is -0.416 e. The fourth-order valence-corrected chi connectivity index (χ4v) is 16.4. The summed E-state index contributed by atoms with van der Waals surface area (Å²) in [4.78, 5) is 74.0. The fraction of sp³-hybridized carbons (Fsp3) is 0.690. The van der Waals surface area contributed by atoms with E-state index in [-0.39, 0.29) is 86.8 Å². The molecule has 1 N–H and O–H groups in total. The van der Waals surface area contributed by atoms with Gasteiger partial charge in [0.2, 0.25) is 11.8 Å². The van der Waals surface area contributed by atoms with Crippen LogP contribution in [0.4, 0.5) is 0 Å². The topological polar surface area (TPSA) is 182 Å². The minimum atomic E-state index is -3.87. The predicted molar refractivity (Wildman–Crippen MR) is 323 cm³/mol. The Morgan fingerprint density at radius 1 is 0.808 bits per heavy atom. The van der Waals surface area contributed by atoms with Gasteiger partial charge in [0.05, 0.1) is 47.1 Å². The van der Waals surface area contributed by atoms with E-state index in [0.717, 1.165) is 71.3 Å². The molecule has 0 saturated carbocycles. The first-order valence-corrected chi connectivity index (χ1v) is 38.3. The molecule has 14 nitrogen and oxygen atoms in total. The van der Waals surface area contributed by atoms with E-state index in [1.54, 1.807) is 15.9 Å². The number of fused-ring (bicyclic) bond motifs is 2. The van der Waals surface area contributed by atoms with Gasteiger partial charge in [0.15, 0.2) is 26.9 Å². The van der Waals surface area contributed by atoms with Crippen molar-refractivity contribution in [3.63, 3.8) is 0 Å². The third-order valence-electron chi connectivity index (χ3n) is 16.9. The quantitative estimate of drug-likeness (QED) is 0.0669. The van der Waals surface area contributed by atoms with Crippen LogP contribution in [0.3, 0.4) is 0 Å². The van der Waals surface area contributed by atoms with Crippen LogP contribution in [-0.2, 0) is 47.8 Å². The zero-order chi connectivity index (χ0) is 57.6. The van der Waals surface area contributed by atoms with Crippen LogP contribution in [0.5, 0.6) is 0 Å². The standard InChI is InChI=1S/C58H89N4O10PS3Si2/c1-55(2,3)77(11,12)71-38-57(7,8)53(66)74-30-28-69-73(68,70-29-31-75-54(67)58(9,10)39-72-78(13,14)56(4,5)6)37-40-24-27-48-42(32-40)33-49(76-48)50(63)60-46-23-19-18-22-44-25-26-47(62(44)51(46)64)52(65)61-35-43(34-59)45(36-61)41-20-16-15-17-21-41/h16,20-21,24,27,32-33,43-47H,15,17-19,22-23,25-26,28-31,35-39H2,1-14H3,(H,60,63)/t43-,44+,45+,46+,47+/m1/s1. The molecule has 20 heteroatoms. The summed E-state index contributed by atoms with van der Waals surface area (Å²) in [5, 5.41) is 13.8. The lowest BCUT2D eigenvalue weighted by Crippen LogP contribution is -2.56. The van der Waals surface area contributed by atoms with E-state index in [2.05, 4.69) is 97.3 Å². The lowest BCUT2D eigenvalue weighted by Gasteiger charge is -2.38. The Bertz CT molecular complexity index is 2600. The van der Waals surface area contributed by atoms with E-state index >= 15 is 0 Å². The average molecular weight is 1190 g/mol. The summed E-state index contributed by atoms with van der Waals surface area (Å²) in [6.45, 7) is 30.5. The molecule has 1 aliphatic carbocycles. The number of carbonyl (C=O) groups is 5. The van der Waals surface area contributed by atoms with Crippen LogP contribution in [0.15, 0.2) is 48.1 Å². The van der Waals surface area contributed by atoms with E-state index in [1.165, 1.54) is 11.3 Å². The molecule has 3 amide bonds. The summed E-state index contributed by atoms with van der Waals surface area (Å²) in [6, 6.07) is 8.23. The Morgan fingerprint density at radius 2 is 1.40 bits per heavy atom. The molecule has 0 spiro atoms. The largest absolute Gasteiger partial charge is 0.416 e. The van der Waals surface area contributed by atoms with Gasteiger partial charge < -0.3 is 33.0 Å². The van der Waals surface area contributed by atoms with Gasteiger partial charge >= 0.3 is 7.60 Å². The molecule has 6 rings (SSSR count). The smallest absolute Gasteiger partial charge is 0.335 e. The van der Waals surface area contributed by atoms with Crippen LogP contribution in [-0.4, -0.2) is 124 Å². The molecule has 4 heterocycles. The summed E-state index contributed by atoms with van der Waals surface area (Å²) < 4.78 is 40.6. The molecule has 3 saturated heterocycles. The Labute approximate surface area is 480 Å². The van der Waals surface area contributed by atoms with Gasteiger partial charge in [-0.3, -0.25) is 28.5 Å². The van der Waals surface area contributed by atoms with E-state index in [9.17, 15) is 33.8 Å². The maximum atomic E-state index is 14.8. The minimum absolute atomic E-state index is 0.00145. The van der Waals surface area contributed by atoms with Gasteiger partial charge in [0.1, 0.15) is 12.1 Å². The highest BCUT2D eigenvalue weighted by molar-refractivity contribution is 8.14. The number of nitrogens with zero attached hydrogens (tertiary/aromatic N) is 3. The number of nitriles is 1. The van der Waals surface area contributed by atoms with Crippen LogP contribution in [0.1, 0.15) is 136 Å². The van der Waals surface area contributed by atoms with Crippen LogP contribution in [0.25, 0.3) is 10.1 Å². The van der Waals surface area contributed by atoms with Crippen molar-refractivity contribution in [2.24, 2.45) is 22.7 Å². The number of rotatable bonds is 22. The molecule has 432 valence electrons. The summed E-state index contributed by atoms with van der Waals surface area (Å²) in [7, 11) is -8.06. The Kier molecular flexibility index (Phi) is 21.5. The van der Waals surface area contributed by atoms with Crippen LogP contribution >= 0.6 is 42.5 Å². The van der Waals surface area contributed by atoms with Crippen molar-refractivity contribution < 1.29 is 46.4 Å². The Morgan fingerprint density at radius 3 is 1.95 bits per heavy atom. The summed E-state index contributed by atoms with van der Waals surface area (Å²) in [5.41, 5.74) is 0.254. The van der Waals surface area contributed by atoms with E-state index < -0.39 is 47.1 Å². The number of benzene rings is 1. The van der Waals surface area contributed by atoms with Gasteiger partial charge in [-0.05, 0) is 137 Å². The normalized spacial score (nSPS) is 22.0. The van der Waals surface area contributed by atoms with Crippen LogP contribution in [0.2, 0.25) is 36.3 Å². The highest BCUT2D eigenvalue weighted by Crippen LogP contribution is 2.52. The first-order valence-electron chi connectivity index (χ1n) is 28.0. The van der Waals surface area contributed by atoms with E-state index in [1.807, 2.05) is 45.9 Å². The summed E-state index contributed by atoms with van der Waals surface area (Å²) in [6.07, 6.45) is 12.3. The molecule has 2 aromatic rings. The van der Waals surface area contributed by atoms with Crippen molar-refractivity contribution in [2.45, 2.75) is 181 Å².